The van der Waals surface area contributed by atoms with Crippen molar-refractivity contribution in [3.05, 3.63) is 92.6 Å². The van der Waals surface area contributed by atoms with E-state index in [-0.39, 0.29) is 23.6 Å². The maximum absolute atomic E-state index is 12.9. The SMILES string of the molecule is Cc1ccc2c(c1)c(=O)c1ccccc1n2CC(=O)Nc1cccc([N+](=O)[O-])c1. The van der Waals surface area contributed by atoms with Crippen LogP contribution in [0.3, 0.4) is 0 Å². The van der Waals surface area contributed by atoms with Gasteiger partial charge in [-0.15, -0.1) is 0 Å². The van der Waals surface area contributed by atoms with Crippen LogP contribution >= 0.6 is 0 Å². The quantitative estimate of drug-likeness (QED) is 0.325. The number of hydrogen-bond acceptors (Lipinski definition) is 4. The van der Waals surface area contributed by atoms with E-state index < -0.39 is 4.92 Å². The van der Waals surface area contributed by atoms with Crippen LogP contribution in [0.25, 0.3) is 21.8 Å². The van der Waals surface area contributed by atoms with Gasteiger partial charge < -0.3 is 9.88 Å². The predicted molar refractivity (Wildman–Crippen MR) is 112 cm³/mol. The Balaban J connectivity index is 1.78. The summed E-state index contributed by atoms with van der Waals surface area (Å²) < 4.78 is 1.79. The molecule has 0 aliphatic carbocycles. The molecule has 4 aromatic rings. The third-order valence-electron chi connectivity index (χ3n) is 4.77. The minimum atomic E-state index is -0.513. The van der Waals surface area contributed by atoms with E-state index in [1.807, 2.05) is 31.2 Å². The molecule has 0 unspecified atom stereocenters. The summed E-state index contributed by atoms with van der Waals surface area (Å²) in [5.74, 6) is -0.346. The van der Waals surface area contributed by atoms with Crippen molar-refractivity contribution in [2.24, 2.45) is 0 Å². The summed E-state index contributed by atoms with van der Waals surface area (Å²) in [6.45, 7) is 1.87. The van der Waals surface area contributed by atoms with Gasteiger partial charge in [-0.3, -0.25) is 19.7 Å². The summed E-state index contributed by atoms with van der Waals surface area (Å²) >= 11 is 0. The minimum Gasteiger partial charge on any atom is -0.331 e. The van der Waals surface area contributed by atoms with Crippen LogP contribution < -0.4 is 10.7 Å². The molecule has 7 nitrogen and oxygen atoms in total. The molecule has 0 bridgehead atoms. The second-order valence-electron chi connectivity index (χ2n) is 6.81. The molecule has 0 saturated heterocycles. The number of anilines is 1. The Morgan fingerprint density at radius 2 is 1.76 bits per heavy atom. The zero-order valence-corrected chi connectivity index (χ0v) is 15.6. The van der Waals surface area contributed by atoms with E-state index in [1.54, 1.807) is 28.8 Å². The number of aromatic nitrogens is 1. The molecule has 1 heterocycles. The molecule has 0 radical (unpaired) electrons. The average molecular weight is 387 g/mol. The first-order valence-electron chi connectivity index (χ1n) is 9.00. The fourth-order valence-corrected chi connectivity index (χ4v) is 3.45. The molecule has 0 saturated carbocycles. The molecule has 0 fully saturated rings. The van der Waals surface area contributed by atoms with Gasteiger partial charge in [-0.1, -0.05) is 29.8 Å². The van der Waals surface area contributed by atoms with Gasteiger partial charge in [-0.25, -0.2) is 0 Å². The van der Waals surface area contributed by atoms with E-state index >= 15 is 0 Å². The smallest absolute Gasteiger partial charge is 0.271 e. The van der Waals surface area contributed by atoms with Crippen LogP contribution in [0.5, 0.6) is 0 Å². The molecule has 0 aliphatic heterocycles. The van der Waals surface area contributed by atoms with Gasteiger partial charge in [0.2, 0.25) is 5.91 Å². The van der Waals surface area contributed by atoms with Crippen molar-refractivity contribution in [2.45, 2.75) is 13.5 Å². The number of nitrogens with zero attached hydrogens (tertiary/aromatic N) is 2. The van der Waals surface area contributed by atoms with E-state index in [1.165, 1.54) is 18.2 Å². The van der Waals surface area contributed by atoms with Crippen molar-refractivity contribution in [1.29, 1.82) is 0 Å². The van der Waals surface area contributed by atoms with Crippen LogP contribution in [0, 0.1) is 17.0 Å². The number of benzene rings is 3. The Morgan fingerprint density at radius 1 is 1.00 bits per heavy atom. The lowest BCUT2D eigenvalue weighted by atomic mass is 10.1. The summed E-state index contributed by atoms with van der Waals surface area (Å²) in [6, 6.07) is 18.5. The van der Waals surface area contributed by atoms with Crippen molar-refractivity contribution < 1.29 is 9.72 Å². The summed E-state index contributed by atoms with van der Waals surface area (Å²) in [4.78, 5) is 36.0. The molecular formula is C22H17N3O4. The number of carbonyl (C=O) groups excluding carboxylic acids is 1. The third kappa shape index (κ3) is 3.45. The normalized spacial score (nSPS) is 10.9. The fraction of sp³-hybridized carbons (Fsp3) is 0.0909. The Hall–Kier alpha value is -4.00. The number of rotatable bonds is 4. The molecule has 29 heavy (non-hydrogen) atoms. The van der Waals surface area contributed by atoms with Gasteiger partial charge in [0.05, 0.1) is 16.0 Å². The second kappa shape index (κ2) is 7.20. The highest BCUT2D eigenvalue weighted by molar-refractivity contribution is 5.97. The number of para-hydroxylation sites is 1. The Morgan fingerprint density at radius 3 is 2.55 bits per heavy atom. The zero-order valence-electron chi connectivity index (χ0n) is 15.6. The zero-order chi connectivity index (χ0) is 20.5. The van der Waals surface area contributed by atoms with Gasteiger partial charge >= 0.3 is 0 Å². The minimum absolute atomic E-state index is 0.0386. The van der Waals surface area contributed by atoms with Crippen molar-refractivity contribution >= 4 is 39.1 Å². The molecule has 144 valence electrons. The molecule has 0 aliphatic rings. The van der Waals surface area contributed by atoms with Crippen LogP contribution in [0.2, 0.25) is 0 Å². The number of nitrogens with one attached hydrogen (secondary N) is 1. The monoisotopic (exact) mass is 387 g/mol. The first-order valence-corrected chi connectivity index (χ1v) is 9.00. The standard InChI is InChI=1S/C22H17N3O4/c1-14-9-10-20-18(11-14)22(27)17-7-2-3-8-19(17)24(20)13-21(26)23-15-5-4-6-16(12-15)25(28)29/h2-12H,13H2,1H3,(H,23,26). The largest absolute Gasteiger partial charge is 0.331 e. The lowest BCUT2D eigenvalue weighted by molar-refractivity contribution is -0.384. The number of carbonyl (C=O) groups is 1. The van der Waals surface area contributed by atoms with E-state index in [9.17, 15) is 19.7 Å². The highest BCUT2D eigenvalue weighted by Crippen LogP contribution is 2.21. The molecule has 4 rings (SSSR count). The fourth-order valence-electron chi connectivity index (χ4n) is 3.45. The average Bonchev–Trinajstić information content (AvgIpc) is 2.71. The molecule has 0 spiro atoms. The Bertz CT molecular complexity index is 1340. The van der Waals surface area contributed by atoms with Gasteiger partial charge in [0, 0.05) is 28.6 Å². The number of nitro benzene ring substituents is 1. The lowest BCUT2D eigenvalue weighted by Crippen LogP contribution is -2.21. The Labute approximate surface area is 165 Å². The summed E-state index contributed by atoms with van der Waals surface area (Å²) in [6.07, 6.45) is 0. The maximum Gasteiger partial charge on any atom is 0.271 e. The van der Waals surface area contributed by atoms with E-state index in [4.69, 9.17) is 0 Å². The second-order valence-corrected chi connectivity index (χ2v) is 6.81. The highest BCUT2D eigenvalue weighted by atomic mass is 16.6. The van der Waals surface area contributed by atoms with E-state index in [0.717, 1.165) is 5.56 Å². The van der Waals surface area contributed by atoms with Gasteiger partial charge in [-0.05, 0) is 37.3 Å². The summed E-state index contributed by atoms with van der Waals surface area (Å²) in [5.41, 5.74) is 2.44. The molecule has 1 aromatic heterocycles. The van der Waals surface area contributed by atoms with Crippen molar-refractivity contribution in [2.75, 3.05) is 5.32 Å². The number of pyridine rings is 1. The number of nitro groups is 1. The first kappa shape index (κ1) is 18.4. The number of aryl methyl sites for hydroxylation is 1. The van der Waals surface area contributed by atoms with Gasteiger partial charge in [-0.2, -0.15) is 0 Å². The van der Waals surface area contributed by atoms with Crippen LogP contribution in [0.1, 0.15) is 5.56 Å². The van der Waals surface area contributed by atoms with Gasteiger partial charge in [0.1, 0.15) is 6.54 Å². The van der Waals surface area contributed by atoms with Crippen LogP contribution in [-0.2, 0) is 11.3 Å². The number of hydrogen-bond donors (Lipinski definition) is 1. The van der Waals surface area contributed by atoms with Crippen molar-refractivity contribution in [1.82, 2.24) is 4.57 Å². The maximum atomic E-state index is 12.9. The molecule has 0 atom stereocenters. The van der Waals surface area contributed by atoms with Crippen LogP contribution in [-0.4, -0.2) is 15.4 Å². The lowest BCUT2D eigenvalue weighted by Gasteiger charge is -2.15. The van der Waals surface area contributed by atoms with Crippen LogP contribution in [0.4, 0.5) is 11.4 Å². The molecular weight excluding hydrogens is 370 g/mol. The molecule has 3 aromatic carbocycles. The highest BCUT2D eigenvalue weighted by Gasteiger charge is 2.14. The Kier molecular flexibility index (Phi) is 4.56. The van der Waals surface area contributed by atoms with E-state index in [0.29, 0.717) is 27.5 Å². The number of fused-ring (bicyclic) bond motifs is 2. The predicted octanol–water partition coefficient (Wildman–Crippen LogP) is 4.01. The van der Waals surface area contributed by atoms with Crippen LogP contribution in [0.15, 0.2) is 71.5 Å². The first-order chi connectivity index (χ1) is 13.9. The number of non-ortho nitro benzene ring substituents is 1. The summed E-state index contributed by atoms with van der Waals surface area (Å²) in [7, 11) is 0. The topological polar surface area (TPSA) is 94.2 Å². The molecule has 1 amide bonds. The number of amides is 1. The van der Waals surface area contributed by atoms with Crippen molar-refractivity contribution in [3.63, 3.8) is 0 Å². The van der Waals surface area contributed by atoms with Gasteiger partial charge in [0.25, 0.3) is 5.69 Å². The van der Waals surface area contributed by atoms with E-state index in [2.05, 4.69) is 5.32 Å². The van der Waals surface area contributed by atoms with Gasteiger partial charge in [0.15, 0.2) is 5.43 Å². The molecule has 7 heteroatoms. The third-order valence-corrected chi connectivity index (χ3v) is 4.77. The van der Waals surface area contributed by atoms with Crippen molar-refractivity contribution in [3.8, 4) is 0 Å². The summed E-state index contributed by atoms with van der Waals surface area (Å²) in [5, 5.41) is 14.7. The molecule has 1 N–H and O–H groups in total.